The van der Waals surface area contributed by atoms with Gasteiger partial charge in [0.1, 0.15) is 0 Å². The molecule has 0 saturated heterocycles. The van der Waals surface area contributed by atoms with Crippen LogP contribution in [-0.4, -0.2) is 11.5 Å². The number of hydrogen-bond donors (Lipinski definition) is 1. The van der Waals surface area contributed by atoms with Crippen LogP contribution < -0.4 is 5.30 Å². The van der Waals surface area contributed by atoms with E-state index in [9.17, 15) is 9.46 Å². The second kappa shape index (κ2) is 6.69. The van der Waals surface area contributed by atoms with E-state index in [1.165, 1.54) is 32.1 Å². The van der Waals surface area contributed by atoms with Gasteiger partial charge in [0.2, 0.25) is 0 Å². The van der Waals surface area contributed by atoms with Crippen molar-refractivity contribution >= 4 is 12.9 Å². The van der Waals surface area contributed by atoms with E-state index >= 15 is 0 Å². The molecule has 106 valence electrons. The second-order valence-electron chi connectivity index (χ2n) is 5.43. The van der Waals surface area contributed by atoms with Crippen LogP contribution in [0.3, 0.4) is 0 Å². The highest BCUT2D eigenvalue weighted by Gasteiger charge is 2.25. The highest BCUT2D eigenvalue weighted by atomic mass is 31.2. The first-order valence-electron chi connectivity index (χ1n) is 7.13. The molecule has 0 aliphatic heterocycles. The van der Waals surface area contributed by atoms with Gasteiger partial charge in [-0.15, -0.1) is 0 Å². The maximum Gasteiger partial charge on any atom is 0.359 e. The van der Waals surface area contributed by atoms with E-state index in [-0.39, 0.29) is 0 Å². The summed E-state index contributed by atoms with van der Waals surface area (Å²) in [6.07, 6.45) is 7.29. The zero-order chi connectivity index (χ0) is 13.7. The Morgan fingerprint density at radius 3 is 2.63 bits per heavy atom. The van der Waals surface area contributed by atoms with E-state index in [1.54, 1.807) is 12.1 Å². The third kappa shape index (κ3) is 4.17. The van der Waals surface area contributed by atoms with Gasteiger partial charge in [0.25, 0.3) is 0 Å². The lowest BCUT2D eigenvalue weighted by molar-refractivity contribution is 0.225. The summed E-state index contributed by atoms with van der Waals surface area (Å²) in [7, 11) is -3.65. The van der Waals surface area contributed by atoms with Gasteiger partial charge >= 0.3 is 7.60 Å². The molecule has 2 rings (SSSR count). The third-order valence-corrected chi connectivity index (χ3v) is 5.58. The minimum atomic E-state index is -3.65. The molecule has 0 radical (unpaired) electrons. The SMILES string of the molecule is Cc1ccccc1P(=O)(O)OCCC1CCCCC1. The summed E-state index contributed by atoms with van der Waals surface area (Å²) in [6, 6.07) is 7.15. The summed E-state index contributed by atoms with van der Waals surface area (Å²) < 4.78 is 17.5. The van der Waals surface area contributed by atoms with Crippen LogP contribution in [0.4, 0.5) is 0 Å². The molecule has 0 spiro atoms. The van der Waals surface area contributed by atoms with Gasteiger partial charge in [-0.3, -0.25) is 4.57 Å². The average molecular weight is 282 g/mol. The molecule has 1 unspecified atom stereocenters. The Bertz CT molecular complexity index is 452. The molecule has 1 aliphatic rings. The zero-order valence-electron chi connectivity index (χ0n) is 11.5. The van der Waals surface area contributed by atoms with Gasteiger partial charge in [0.05, 0.1) is 11.9 Å². The van der Waals surface area contributed by atoms with Gasteiger partial charge in [-0.05, 0) is 30.9 Å². The monoisotopic (exact) mass is 282 g/mol. The summed E-state index contributed by atoms with van der Waals surface area (Å²) >= 11 is 0. The molecule has 1 saturated carbocycles. The first-order chi connectivity index (χ1) is 9.09. The van der Waals surface area contributed by atoms with Crippen molar-refractivity contribution in [2.75, 3.05) is 6.61 Å². The quantitative estimate of drug-likeness (QED) is 0.836. The van der Waals surface area contributed by atoms with Gasteiger partial charge in [-0.1, -0.05) is 50.3 Å². The average Bonchev–Trinajstić information content (AvgIpc) is 2.40. The summed E-state index contributed by atoms with van der Waals surface area (Å²) in [6.45, 7) is 2.22. The van der Waals surface area contributed by atoms with Gasteiger partial charge < -0.3 is 9.42 Å². The van der Waals surface area contributed by atoms with E-state index in [0.717, 1.165) is 12.0 Å². The fourth-order valence-electron chi connectivity index (χ4n) is 2.77. The number of hydrogen-bond acceptors (Lipinski definition) is 2. The Morgan fingerprint density at radius 2 is 1.95 bits per heavy atom. The van der Waals surface area contributed by atoms with Crippen LogP contribution in [-0.2, 0) is 9.09 Å². The zero-order valence-corrected chi connectivity index (χ0v) is 12.4. The molecule has 0 amide bonds. The summed E-state index contributed by atoms with van der Waals surface area (Å²) in [4.78, 5) is 10.0. The first-order valence-corrected chi connectivity index (χ1v) is 8.71. The maximum atomic E-state index is 12.2. The van der Waals surface area contributed by atoms with Gasteiger partial charge in [-0.2, -0.15) is 0 Å². The number of rotatable bonds is 5. The normalized spacial score (nSPS) is 20.1. The predicted octanol–water partition coefficient (Wildman–Crippen LogP) is 3.79. The lowest BCUT2D eigenvalue weighted by Gasteiger charge is -2.22. The van der Waals surface area contributed by atoms with Crippen molar-refractivity contribution in [3.8, 4) is 0 Å². The van der Waals surface area contributed by atoms with Crippen molar-refractivity contribution in [1.82, 2.24) is 0 Å². The Balaban J connectivity index is 1.87. The summed E-state index contributed by atoms with van der Waals surface area (Å²) in [5, 5.41) is 0.429. The van der Waals surface area contributed by atoms with Crippen LogP contribution in [0.25, 0.3) is 0 Å². The van der Waals surface area contributed by atoms with Gasteiger partial charge in [0.15, 0.2) is 0 Å². The van der Waals surface area contributed by atoms with Crippen molar-refractivity contribution in [3.05, 3.63) is 29.8 Å². The highest BCUT2D eigenvalue weighted by Crippen LogP contribution is 2.42. The van der Waals surface area contributed by atoms with Crippen LogP contribution in [0, 0.1) is 12.8 Å². The van der Waals surface area contributed by atoms with Gasteiger partial charge in [-0.25, -0.2) is 0 Å². The second-order valence-corrected chi connectivity index (χ2v) is 7.21. The molecule has 1 aliphatic carbocycles. The largest absolute Gasteiger partial charge is 0.359 e. The van der Waals surface area contributed by atoms with Crippen LogP contribution in [0.5, 0.6) is 0 Å². The van der Waals surface area contributed by atoms with Gasteiger partial charge in [0, 0.05) is 0 Å². The molecule has 1 fully saturated rings. The van der Waals surface area contributed by atoms with Crippen LogP contribution in [0.2, 0.25) is 0 Å². The highest BCUT2D eigenvalue weighted by molar-refractivity contribution is 7.61. The molecule has 0 heterocycles. The lowest BCUT2D eigenvalue weighted by Crippen LogP contribution is -2.13. The molecule has 3 nitrogen and oxygen atoms in total. The fraction of sp³-hybridized carbons (Fsp3) is 0.600. The Hall–Kier alpha value is -0.630. The summed E-state index contributed by atoms with van der Waals surface area (Å²) in [5.74, 6) is 0.672. The lowest BCUT2D eigenvalue weighted by atomic mass is 9.87. The molecule has 0 bridgehead atoms. The molecule has 4 heteroatoms. The molecule has 1 N–H and O–H groups in total. The van der Waals surface area contributed by atoms with Crippen LogP contribution in [0.1, 0.15) is 44.1 Å². The Labute approximate surface area is 115 Å². The summed E-state index contributed by atoms with van der Waals surface area (Å²) in [5.41, 5.74) is 0.811. The Morgan fingerprint density at radius 1 is 1.26 bits per heavy atom. The molecule has 19 heavy (non-hydrogen) atoms. The first kappa shape index (κ1) is 14.8. The van der Waals surface area contributed by atoms with Crippen molar-refractivity contribution in [1.29, 1.82) is 0 Å². The molecule has 1 atom stereocenters. The molecular weight excluding hydrogens is 259 g/mol. The van der Waals surface area contributed by atoms with Crippen LogP contribution >= 0.6 is 7.60 Å². The molecule has 0 aromatic heterocycles. The van der Waals surface area contributed by atoms with E-state index in [1.807, 2.05) is 19.1 Å². The van der Waals surface area contributed by atoms with Crippen LogP contribution in [0.15, 0.2) is 24.3 Å². The Kier molecular flexibility index (Phi) is 5.20. The third-order valence-electron chi connectivity index (χ3n) is 3.94. The maximum absolute atomic E-state index is 12.2. The molecule has 1 aromatic rings. The standard InChI is InChI=1S/C15H23O3P/c1-13-7-5-6-10-15(13)19(16,17)18-12-11-14-8-3-2-4-9-14/h5-7,10,14H,2-4,8-9,11-12H2,1H3,(H,16,17). The van der Waals surface area contributed by atoms with Crippen molar-refractivity contribution in [2.24, 2.45) is 5.92 Å². The topological polar surface area (TPSA) is 46.5 Å². The van der Waals surface area contributed by atoms with Crippen molar-refractivity contribution in [3.63, 3.8) is 0 Å². The molecule has 1 aromatic carbocycles. The fourth-order valence-corrected chi connectivity index (χ4v) is 4.06. The van der Waals surface area contributed by atoms with Crippen molar-refractivity contribution < 1.29 is 14.0 Å². The minimum absolute atomic E-state index is 0.382. The number of benzene rings is 1. The minimum Gasteiger partial charge on any atom is -0.321 e. The predicted molar refractivity (Wildman–Crippen MR) is 77.8 cm³/mol. The van der Waals surface area contributed by atoms with E-state index in [2.05, 4.69) is 0 Å². The van der Waals surface area contributed by atoms with E-state index in [0.29, 0.717) is 17.8 Å². The number of aryl methyl sites for hydroxylation is 1. The van der Waals surface area contributed by atoms with E-state index in [4.69, 9.17) is 4.52 Å². The van der Waals surface area contributed by atoms with E-state index < -0.39 is 7.60 Å². The smallest absolute Gasteiger partial charge is 0.321 e. The van der Waals surface area contributed by atoms with Crippen molar-refractivity contribution in [2.45, 2.75) is 45.4 Å². The molecular formula is C15H23O3P.